The fraction of sp³-hybridized carbons (Fsp3) is 0.917. The van der Waals surface area contributed by atoms with Gasteiger partial charge in [-0.3, -0.25) is 4.79 Å². The van der Waals surface area contributed by atoms with Gasteiger partial charge in [-0.1, -0.05) is 0 Å². The maximum absolute atomic E-state index is 11.5. The minimum absolute atomic E-state index is 0.0678. The Morgan fingerprint density at radius 1 is 1.38 bits per heavy atom. The Morgan fingerprint density at radius 3 is 2.62 bits per heavy atom. The first-order chi connectivity index (χ1) is 7.53. The fourth-order valence-electron chi connectivity index (χ4n) is 1.43. The van der Waals surface area contributed by atoms with Crippen molar-refractivity contribution >= 4 is 5.91 Å². The highest BCUT2D eigenvalue weighted by molar-refractivity contribution is 5.76. The van der Waals surface area contributed by atoms with Crippen LogP contribution < -0.4 is 10.6 Å². The minimum Gasteiger partial charge on any atom is -0.378 e. The number of methoxy groups -OCH3 is 1. The van der Waals surface area contributed by atoms with Crippen molar-refractivity contribution in [2.45, 2.75) is 51.2 Å². The molecule has 0 saturated heterocycles. The third kappa shape index (κ3) is 6.08. The Bertz CT molecular complexity index is 225. The van der Waals surface area contributed by atoms with Crippen LogP contribution in [0.3, 0.4) is 0 Å². The van der Waals surface area contributed by atoms with Gasteiger partial charge in [0.25, 0.3) is 0 Å². The van der Waals surface area contributed by atoms with E-state index < -0.39 is 0 Å². The Hall–Kier alpha value is -0.610. The maximum atomic E-state index is 11.5. The van der Waals surface area contributed by atoms with Crippen molar-refractivity contribution in [3.8, 4) is 0 Å². The lowest BCUT2D eigenvalue weighted by Crippen LogP contribution is -2.35. The monoisotopic (exact) mass is 228 g/mol. The molecule has 0 heterocycles. The van der Waals surface area contributed by atoms with E-state index in [0.29, 0.717) is 6.42 Å². The van der Waals surface area contributed by atoms with Gasteiger partial charge in [0.1, 0.15) is 0 Å². The van der Waals surface area contributed by atoms with Crippen molar-refractivity contribution in [3.63, 3.8) is 0 Å². The molecule has 0 aliphatic heterocycles. The number of rotatable bonds is 8. The van der Waals surface area contributed by atoms with Crippen molar-refractivity contribution < 1.29 is 9.53 Å². The highest BCUT2D eigenvalue weighted by Gasteiger charge is 2.21. The molecule has 1 amide bonds. The molecule has 4 heteroatoms. The van der Waals surface area contributed by atoms with Gasteiger partial charge in [-0.2, -0.15) is 0 Å². The Morgan fingerprint density at radius 2 is 2.06 bits per heavy atom. The van der Waals surface area contributed by atoms with Gasteiger partial charge in [0.2, 0.25) is 5.91 Å². The van der Waals surface area contributed by atoms with E-state index in [1.807, 2.05) is 13.8 Å². The third-order valence-electron chi connectivity index (χ3n) is 2.82. The van der Waals surface area contributed by atoms with Crippen molar-refractivity contribution in [2.24, 2.45) is 0 Å². The maximum Gasteiger partial charge on any atom is 0.222 e. The van der Waals surface area contributed by atoms with Gasteiger partial charge >= 0.3 is 0 Å². The summed E-state index contributed by atoms with van der Waals surface area (Å²) < 4.78 is 5.20. The molecule has 1 aliphatic carbocycles. The Balaban J connectivity index is 1.96. The summed E-state index contributed by atoms with van der Waals surface area (Å²) in [5, 5.41) is 6.32. The van der Waals surface area contributed by atoms with E-state index in [-0.39, 0.29) is 11.5 Å². The van der Waals surface area contributed by atoms with Crippen LogP contribution in [0.25, 0.3) is 0 Å². The van der Waals surface area contributed by atoms with E-state index in [2.05, 4.69) is 10.6 Å². The van der Waals surface area contributed by atoms with Crippen LogP contribution in [0.5, 0.6) is 0 Å². The number of hydrogen-bond donors (Lipinski definition) is 2. The number of amides is 1. The molecule has 94 valence electrons. The molecule has 0 spiro atoms. The SMILES string of the molecule is COC(C)(C)CC(=O)NCCCNC1CC1. The van der Waals surface area contributed by atoms with Crippen LogP contribution in [0.2, 0.25) is 0 Å². The molecular formula is C12H24N2O2. The molecule has 4 nitrogen and oxygen atoms in total. The van der Waals surface area contributed by atoms with Crippen LogP contribution in [-0.4, -0.2) is 37.7 Å². The van der Waals surface area contributed by atoms with Crippen LogP contribution >= 0.6 is 0 Å². The number of hydrogen-bond acceptors (Lipinski definition) is 3. The van der Waals surface area contributed by atoms with E-state index in [1.165, 1.54) is 12.8 Å². The summed E-state index contributed by atoms with van der Waals surface area (Å²) in [5.74, 6) is 0.0678. The van der Waals surface area contributed by atoms with Crippen LogP contribution in [0, 0.1) is 0 Å². The first kappa shape index (κ1) is 13.5. The van der Waals surface area contributed by atoms with Gasteiger partial charge < -0.3 is 15.4 Å². The number of nitrogens with one attached hydrogen (secondary N) is 2. The first-order valence-corrected chi connectivity index (χ1v) is 6.09. The second-order valence-electron chi connectivity index (χ2n) is 5.07. The summed E-state index contributed by atoms with van der Waals surface area (Å²) in [6.07, 6.45) is 4.04. The second kappa shape index (κ2) is 6.21. The van der Waals surface area contributed by atoms with E-state index in [4.69, 9.17) is 4.74 Å². The molecule has 1 saturated carbocycles. The summed E-state index contributed by atoms with van der Waals surface area (Å²) in [7, 11) is 1.63. The first-order valence-electron chi connectivity index (χ1n) is 6.09. The van der Waals surface area contributed by atoms with Crippen molar-refractivity contribution in [1.29, 1.82) is 0 Å². The van der Waals surface area contributed by atoms with Gasteiger partial charge in [0, 0.05) is 19.7 Å². The molecule has 0 aromatic rings. The van der Waals surface area contributed by atoms with Gasteiger partial charge in [-0.05, 0) is 39.7 Å². The van der Waals surface area contributed by atoms with Gasteiger partial charge in [-0.15, -0.1) is 0 Å². The Labute approximate surface area is 98.1 Å². The predicted octanol–water partition coefficient (Wildman–Crippen LogP) is 1.06. The summed E-state index contributed by atoms with van der Waals surface area (Å²) >= 11 is 0. The lowest BCUT2D eigenvalue weighted by Gasteiger charge is -2.21. The fourth-order valence-corrected chi connectivity index (χ4v) is 1.43. The normalized spacial score (nSPS) is 16.2. The second-order valence-corrected chi connectivity index (χ2v) is 5.07. The van der Waals surface area contributed by atoms with Gasteiger partial charge in [0.15, 0.2) is 0 Å². The standard InChI is InChI=1S/C12H24N2O2/c1-12(2,16-3)9-11(15)14-8-4-7-13-10-5-6-10/h10,13H,4-9H2,1-3H3,(H,14,15). The number of ether oxygens (including phenoxy) is 1. The van der Waals surface area contributed by atoms with Crippen LogP contribution in [0.15, 0.2) is 0 Å². The molecule has 0 unspecified atom stereocenters. The average molecular weight is 228 g/mol. The zero-order valence-corrected chi connectivity index (χ0v) is 10.6. The van der Waals surface area contributed by atoms with E-state index in [9.17, 15) is 4.79 Å². The van der Waals surface area contributed by atoms with Gasteiger partial charge in [0.05, 0.1) is 12.0 Å². The summed E-state index contributed by atoms with van der Waals surface area (Å²) in [5.41, 5.74) is -0.365. The number of carbonyl (C=O) groups is 1. The van der Waals surface area contributed by atoms with Crippen LogP contribution in [0.1, 0.15) is 39.5 Å². The zero-order chi connectivity index (χ0) is 12.0. The molecule has 0 radical (unpaired) electrons. The smallest absolute Gasteiger partial charge is 0.222 e. The van der Waals surface area contributed by atoms with Crippen LogP contribution in [0.4, 0.5) is 0 Å². The molecule has 16 heavy (non-hydrogen) atoms. The van der Waals surface area contributed by atoms with Gasteiger partial charge in [-0.25, -0.2) is 0 Å². The topological polar surface area (TPSA) is 50.4 Å². The van der Waals surface area contributed by atoms with E-state index >= 15 is 0 Å². The molecule has 1 rings (SSSR count). The molecule has 0 aromatic carbocycles. The Kier molecular flexibility index (Phi) is 5.22. The molecule has 0 aromatic heterocycles. The lowest BCUT2D eigenvalue weighted by molar-refractivity contribution is -0.126. The quantitative estimate of drug-likeness (QED) is 0.611. The molecule has 1 aliphatic rings. The highest BCUT2D eigenvalue weighted by atomic mass is 16.5. The highest BCUT2D eigenvalue weighted by Crippen LogP contribution is 2.18. The van der Waals surface area contributed by atoms with E-state index in [1.54, 1.807) is 7.11 Å². The summed E-state index contributed by atoms with van der Waals surface area (Å²) in [6, 6.07) is 0.753. The predicted molar refractivity (Wildman–Crippen MR) is 64.4 cm³/mol. The molecule has 1 fully saturated rings. The zero-order valence-electron chi connectivity index (χ0n) is 10.6. The van der Waals surface area contributed by atoms with Crippen LogP contribution in [-0.2, 0) is 9.53 Å². The molecule has 2 N–H and O–H groups in total. The van der Waals surface area contributed by atoms with Crippen molar-refractivity contribution in [2.75, 3.05) is 20.2 Å². The lowest BCUT2D eigenvalue weighted by atomic mass is 10.1. The molecule has 0 bridgehead atoms. The molecule has 0 atom stereocenters. The average Bonchev–Trinajstić information content (AvgIpc) is 3.00. The molecular weight excluding hydrogens is 204 g/mol. The minimum atomic E-state index is -0.365. The summed E-state index contributed by atoms with van der Waals surface area (Å²) in [6.45, 7) is 5.58. The van der Waals surface area contributed by atoms with E-state index in [0.717, 1.165) is 25.6 Å². The summed E-state index contributed by atoms with van der Waals surface area (Å²) in [4.78, 5) is 11.5. The third-order valence-corrected chi connectivity index (χ3v) is 2.82. The van der Waals surface area contributed by atoms with Crippen molar-refractivity contribution in [1.82, 2.24) is 10.6 Å². The number of carbonyl (C=O) groups excluding carboxylic acids is 1. The van der Waals surface area contributed by atoms with Crippen molar-refractivity contribution in [3.05, 3.63) is 0 Å². The largest absolute Gasteiger partial charge is 0.378 e.